The third-order valence-corrected chi connectivity index (χ3v) is 5.01. The van der Waals surface area contributed by atoms with Crippen molar-refractivity contribution in [3.63, 3.8) is 0 Å². The first kappa shape index (κ1) is 17.7. The molecule has 2 heterocycles. The predicted octanol–water partition coefficient (Wildman–Crippen LogP) is 2.74. The number of piperidine rings is 1. The van der Waals surface area contributed by atoms with Gasteiger partial charge in [-0.05, 0) is 43.5 Å². The summed E-state index contributed by atoms with van der Waals surface area (Å²) >= 11 is 0. The molecule has 1 fully saturated rings. The highest BCUT2D eigenvalue weighted by molar-refractivity contribution is 5.80. The van der Waals surface area contributed by atoms with E-state index in [2.05, 4.69) is 16.8 Å². The highest BCUT2D eigenvalue weighted by atomic mass is 16.1. The van der Waals surface area contributed by atoms with Crippen LogP contribution in [-0.4, -0.2) is 22.5 Å². The number of hydrogen-bond acceptors (Lipinski definition) is 5. The van der Waals surface area contributed by atoms with Crippen LogP contribution in [0, 0.1) is 22.7 Å². The Morgan fingerprint density at radius 3 is 2.73 bits per heavy atom. The van der Waals surface area contributed by atoms with Crippen LogP contribution in [0.25, 0.3) is 11.1 Å². The maximum Gasteiger partial charge on any atom is 0.268 e. The Hall–Kier alpha value is -3.09. The van der Waals surface area contributed by atoms with Crippen LogP contribution in [0.2, 0.25) is 0 Å². The Morgan fingerprint density at radius 1 is 1.27 bits per heavy atom. The molecule has 0 bridgehead atoms. The van der Waals surface area contributed by atoms with Crippen molar-refractivity contribution in [1.29, 1.82) is 10.5 Å². The van der Waals surface area contributed by atoms with E-state index in [-0.39, 0.29) is 16.9 Å². The Balaban J connectivity index is 2.05. The number of nitrogens with two attached hydrogens (primary N) is 1. The first-order valence-corrected chi connectivity index (χ1v) is 8.74. The molecule has 3 rings (SSSR count). The van der Waals surface area contributed by atoms with Crippen LogP contribution < -0.4 is 11.3 Å². The molecule has 1 aliphatic heterocycles. The Bertz CT molecular complexity index is 964. The minimum atomic E-state index is -0.575. The molecule has 1 aromatic heterocycles. The lowest BCUT2D eigenvalue weighted by atomic mass is 9.95. The molecule has 26 heavy (non-hydrogen) atoms. The lowest BCUT2D eigenvalue weighted by Gasteiger charge is -2.33. The van der Waals surface area contributed by atoms with E-state index < -0.39 is 5.56 Å². The number of anilines is 1. The van der Waals surface area contributed by atoms with Crippen molar-refractivity contribution in [3.05, 3.63) is 51.3 Å². The Morgan fingerprint density at radius 2 is 2.04 bits per heavy atom. The highest BCUT2D eigenvalue weighted by Gasteiger charge is 2.20. The number of nitriles is 2. The van der Waals surface area contributed by atoms with Crippen LogP contribution in [0.3, 0.4) is 0 Å². The minimum absolute atomic E-state index is 0.0124. The topological polar surface area (TPSA) is 110 Å². The van der Waals surface area contributed by atoms with Crippen molar-refractivity contribution in [1.82, 2.24) is 9.88 Å². The summed E-state index contributed by atoms with van der Waals surface area (Å²) in [4.78, 5) is 16.9. The average Bonchev–Trinajstić information content (AvgIpc) is 2.63. The molecule has 1 atom stereocenters. The SMILES string of the molecule is CC1CCCCN1Cc1cccc(-c2c(C#N)c(N)[nH]c(=O)c2C#N)c1. The van der Waals surface area contributed by atoms with Crippen molar-refractivity contribution >= 4 is 5.82 Å². The zero-order valence-electron chi connectivity index (χ0n) is 14.7. The summed E-state index contributed by atoms with van der Waals surface area (Å²) in [6.07, 6.45) is 3.66. The molecule has 3 N–H and O–H groups in total. The second kappa shape index (κ2) is 7.43. The normalized spacial score (nSPS) is 17.4. The maximum atomic E-state index is 12.1. The quantitative estimate of drug-likeness (QED) is 0.887. The molecule has 2 aromatic rings. The molecule has 1 unspecified atom stereocenters. The second-order valence-corrected chi connectivity index (χ2v) is 6.73. The molecule has 0 spiro atoms. The first-order valence-electron chi connectivity index (χ1n) is 8.74. The lowest BCUT2D eigenvalue weighted by Crippen LogP contribution is -2.36. The number of benzene rings is 1. The van der Waals surface area contributed by atoms with Gasteiger partial charge in [-0.1, -0.05) is 24.6 Å². The van der Waals surface area contributed by atoms with Crippen molar-refractivity contribution < 1.29 is 0 Å². The number of H-pyrrole nitrogens is 1. The van der Waals surface area contributed by atoms with E-state index in [1.54, 1.807) is 6.07 Å². The van der Waals surface area contributed by atoms with Gasteiger partial charge in [0.15, 0.2) is 0 Å². The van der Waals surface area contributed by atoms with E-state index in [9.17, 15) is 15.3 Å². The van der Waals surface area contributed by atoms with Gasteiger partial charge in [-0.2, -0.15) is 10.5 Å². The van der Waals surface area contributed by atoms with Gasteiger partial charge < -0.3 is 10.7 Å². The molecule has 1 aliphatic rings. The number of likely N-dealkylation sites (tertiary alicyclic amines) is 1. The predicted molar refractivity (Wildman–Crippen MR) is 100 cm³/mol. The summed E-state index contributed by atoms with van der Waals surface area (Å²) in [5.74, 6) is -0.0124. The number of hydrogen-bond donors (Lipinski definition) is 2. The van der Waals surface area contributed by atoms with Crippen LogP contribution in [0.15, 0.2) is 29.1 Å². The summed E-state index contributed by atoms with van der Waals surface area (Å²) in [6, 6.07) is 12.1. The fourth-order valence-electron chi connectivity index (χ4n) is 3.58. The monoisotopic (exact) mass is 347 g/mol. The molecule has 1 aromatic carbocycles. The van der Waals surface area contributed by atoms with Gasteiger partial charge in [-0.15, -0.1) is 0 Å². The fourth-order valence-corrected chi connectivity index (χ4v) is 3.58. The average molecular weight is 347 g/mol. The minimum Gasteiger partial charge on any atom is -0.384 e. The molecule has 0 radical (unpaired) electrons. The van der Waals surface area contributed by atoms with Crippen LogP contribution in [0.5, 0.6) is 0 Å². The van der Waals surface area contributed by atoms with E-state index >= 15 is 0 Å². The van der Waals surface area contributed by atoms with Gasteiger partial charge >= 0.3 is 0 Å². The van der Waals surface area contributed by atoms with Crippen LogP contribution in [0.1, 0.15) is 42.9 Å². The molecule has 1 saturated heterocycles. The number of nitrogens with zero attached hydrogens (tertiary/aromatic N) is 3. The summed E-state index contributed by atoms with van der Waals surface area (Å²) < 4.78 is 0. The summed E-state index contributed by atoms with van der Waals surface area (Å²) in [6.45, 7) is 4.11. The Labute approximate surface area is 152 Å². The zero-order chi connectivity index (χ0) is 18.7. The molecule has 132 valence electrons. The zero-order valence-corrected chi connectivity index (χ0v) is 14.7. The summed E-state index contributed by atoms with van der Waals surface area (Å²) in [7, 11) is 0. The van der Waals surface area contributed by atoms with Crippen molar-refractivity contribution in [2.24, 2.45) is 0 Å². The van der Waals surface area contributed by atoms with E-state index in [0.29, 0.717) is 17.2 Å². The van der Waals surface area contributed by atoms with Crippen molar-refractivity contribution in [2.75, 3.05) is 12.3 Å². The van der Waals surface area contributed by atoms with Gasteiger partial charge in [0.1, 0.15) is 29.1 Å². The fraction of sp³-hybridized carbons (Fsp3) is 0.350. The molecule has 6 nitrogen and oxygen atoms in total. The smallest absolute Gasteiger partial charge is 0.268 e. The number of pyridine rings is 1. The number of aromatic amines is 1. The second-order valence-electron chi connectivity index (χ2n) is 6.73. The standard InChI is InChI=1S/C20H21N5O/c1-13-5-2-3-8-25(13)12-14-6-4-7-15(9-14)18-16(10-21)19(23)24-20(26)17(18)11-22/h4,6-7,9,13H,2-3,5,8,12H2,1H3,(H3,23,24,26). The van der Waals surface area contributed by atoms with Crippen LogP contribution in [-0.2, 0) is 6.54 Å². The van der Waals surface area contributed by atoms with Crippen LogP contribution in [0.4, 0.5) is 5.82 Å². The maximum absolute atomic E-state index is 12.1. The molecule has 0 aliphatic carbocycles. The number of aromatic nitrogens is 1. The largest absolute Gasteiger partial charge is 0.384 e. The van der Waals surface area contributed by atoms with Crippen molar-refractivity contribution in [3.8, 4) is 23.3 Å². The highest BCUT2D eigenvalue weighted by Crippen LogP contribution is 2.29. The third kappa shape index (κ3) is 3.33. The third-order valence-electron chi connectivity index (χ3n) is 5.01. The van der Waals surface area contributed by atoms with E-state index in [1.807, 2.05) is 30.3 Å². The van der Waals surface area contributed by atoms with Gasteiger partial charge in [-0.25, -0.2) is 0 Å². The lowest BCUT2D eigenvalue weighted by molar-refractivity contribution is 0.152. The van der Waals surface area contributed by atoms with Gasteiger partial charge in [-0.3, -0.25) is 9.69 Å². The molecule has 0 saturated carbocycles. The van der Waals surface area contributed by atoms with Crippen LogP contribution >= 0.6 is 0 Å². The number of nitrogens with one attached hydrogen (secondary N) is 1. The molecule has 0 amide bonds. The van der Waals surface area contributed by atoms with Crippen molar-refractivity contribution in [2.45, 2.75) is 38.8 Å². The number of nitrogen functional groups attached to an aromatic ring is 1. The summed E-state index contributed by atoms with van der Waals surface area (Å²) in [5, 5.41) is 18.9. The first-order chi connectivity index (χ1) is 12.5. The summed E-state index contributed by atoms with van der Waals surface area (Å²) in [5.41, 5.74) is 7.33. The Kier molecular flexibility index (Phi) is 5.06. The van der Waals surface area contributed by atoms with Gasteiger partial charge in [0.25, 0.3) is 5.56 Å². The van der Waals surface area contributed by atoms with E-state index in [1.165, 1.54) is 19.3 Å². The van der Waals surface area contributed by atoms with Gasteiger partial charge in [0.2, 0.25) is 0 Å². The molecular formula is C20H21N5O. The van der Waals surface area contributed by atoms with Gasteiger partial charge in [0, 0.05) is 18.2 Å². The molecular weight excluding hydrogens is 326 g/mol. The molecule has 6 heteroatoms. The van der Waals surface area contributed by atoms with Gasteiger partial charge in [0.05, 0.1) is 0 Å². The number of rotatable bonds is 3. The van der Waals surface area contributed by atoms with E-state index in [0.717, 1.165) is 18.7 Å². The van der Waals surface area contributed by atoms with E-state index in [4.69, 9.17) is 5.73 Å².